The third-order valence-corrected chi connectivity index (χ3v) is 4.98. The number of likely N-dealkylation sites (tertiary alicyclic amines) is 1. The first-order chi connectivity index (χ1) is 13.5. The Balaban J connectivity index is 1.57. The topological polar surface area (TPSA) is 91.4 Å². The number of amides is 3. The predicted molar refractivity (Wildman–Crippen MR) is 105 cm³/mol. The smallest absolute Gasteiger partial charge is 0.252 e. The number of hydrogen-bond acceptors (Lipinski definition) is 4. The summed E-state index contributed by atoms with van der Waals surface area (Å²) in [5.74, 6) is -1.08. The molecule has 2 aromatic rings. The van der Waals surface area contributed by atoms with Crippen LogP contribution >= 0.6 is 11.6 Å². The predicted octanol–water partition coefficient (Wildman–Crippen LogP) is 1.80. The monoisotopic (exact) mass is 400 g/mol. The number of nitrogens with zero attached hydrogens (tertiary/aromatic N) is 2. The molecule has 1 aliphatic heterocycles. The Morgan fingerprint density at radius 1 is 1.21 bits per heavy atom. The Bertz CT molecular complexity index is 875. The number of hydrogen-bond donors (Lipinski definition) is 2. The van der Waals surface area contributed by atoms with Gasteiger partial charge in [0.15, 0.2) is 0 Å². The average Bonchev–Trinajstić information content (AvgIpc) is 3.00. The molecule has 0 spiro atoms. The zero-order chi connectivity index (χ0) is 20.1. The van der Waals surface area contributed by atoms with E-state index in [9.17, 15) is 14.4 Å². The molecule has 0 aliphatic carbocycles. The van der Waals surface area contributed by atoms with Crippen LogP contribution in [0.3, 0.4) is 0 Å². The molecule has 1 fully saturated rings. The quantitative estimate of drug-likeness (QED) is 0.723. The van der Waals surface area contributed by atoms with Crippen molar-refractivity contribution in [3.8, 4) is 0 Å². The van der Waals surface area contributed by atoms with Gasteiger partial charge in [-0.05, 0) is 29.8 Å². The summed E-state index contributed by atoms with van der Waals surface area (Å²) in [5.41, 5.74) is 1.28. The van der Waals surface area contributed by atoms with Gasteiger partial charge in [-0.1, -0.05) is 23.7 Å². The molecule has 1 aromatic heterocycles. The van der Waals surface area contributed by atoms with Crippen LogP contribution in [-0.2, 0) is 9.59 Å². The molecule has 28 heavy (non-hydrogen) atoms. The molecular formula is C20H21ClN4O3. The Morgan fingerprint density at radius 2 is 2.00 bits per heavy atom. The van der Waals surface area contributed by atoms with Gasteiger partial charge in [-0.2, -0.15) is 0 Å². The minimum absolute atomic E-state index is 0.0880. The number of pyridine rings is 1. The zero-order valence-corrected chi connectivity index (χ0v) is 16.1. The number of nitrogens with one attached hydrogen (secondary N) is 2. The normalized spacial score (nSPS) is 18.8. The maximum atomic E-state index is 12.7. The maximum absolute atomic E-state index is 12.7. The van der Waals surface area contributed by atoms with Gasteiger partial charge in [0.25, 0.3) is 5.91 Å². The third kappa shape index (κ3) is 4.48. The summed E-state index contributed by atoms with van der Waals surface area (Å²) in [7, 11) is 1.69. The summed E-state index contributed by atoms with van der Waals surface area (Å²) in [6, 6.07) is 10.2. The van der Waals surface area contributed by atoms with Gasteiger partial charge >= 0.3 is 0 Å². The molecule has 2 heterocycles. The molecule has 0 radical (unpaired) electrons. The Kier molecular flexibility index (Phi) is 6.26. The lowest BCUT2D eigenvalue weighted by Gasteiger charge is -2.25. The van der Waals surface area contributed by atoms with Gasteiger partial charge in [0.05, 0.1) is 17.5 Å². The Morgan fingerprint density at radius 3 is 2.71 bits per heavy atom. The molecule has 7 nitrogen and oxygen atoms in total. The van der Waals surface area contributed by atoms with Crippen LogP contribution < -0.4 is 10.6 Å². The molecule has 8 heteroatoms. The summed E-state index contributed by atoms with van der Waals surface area (Å²) in [6.45, 7) is 0.541. The van der Waals surface area contributed by atoms with Crippen LogP contribution in [0.4, 0.5) is 0 Å². The van der Waals surface area contributed by atoms with Gasteiger partial charge in [0.1, 0.15) is 0 Å². The number of rotatable bonds is 6. The Labute approximate surface area is 168 Å². The zero-order valence-electron chi connectivity index (χ0n) is 15.4. The second-order valence-electron chi connectivity index (χ2n) is 6.60. The molecule has 1 aliphatic rings. The van der Waals surface area contributed by atoms with Crippen molar-refractivity contribution in [2.45, 2.75) is 12.5 Å². The van der Waals surface area contributed by atoms with E-state index in [0.717, 1.165) is 5.56 Å². The van der Waals surface area contributed by atoms with E-state index >= 15 is 0 Å². The van der Waals surface area contributed by atoms with Crippen molar-refractivity contribution in [3.63, 3.8) is 0 Å². The van der Waals surface area contributed by atoms with E-state index in [1.54, 1.807) is 48.5 Å². The van der Waals surface area contributed by atoms with Gasteiger partial charge in [-0.3, -0.25) is 19.4 Å². The molecule has 3 rings (SSSR count). The fourth-order valence-electron chi connectivity index (χ4n) is 3.34. The van der Waals surface area contributed by atoms with E-state index in [1.807, 2.05) is 6.07 Å². The van der Waals surface area contributed by atoms with Crippen LogP contribution in [0.25, 0.3) is 0 Å². The molecule has 0 saturated carbocycles. The maximum Gasteiger partial charge on any atom is 0.252 e. The van der Waals surface area contributed by atoms with Gasteiger partial charge in [-0.25, -0.2) is 0 Å². The van der Waals surface area contributed by atoms with E-state index in [1.165, 1.54) is 6.20 Å². The third-order valence-electron chi connectivity index (χ3n) is 4.75. The first-order valence-corrected chi connectivity index (χ1v) is 9.32. The van der Waals surface area contributed by atoms with Gasteiger partial charge in [0.2, 0.25) is 11.8 Å². The second-order valence-corrected chi connectivity index (χ2v) is 7.04. The Hall–Kier alpha value is -2.93. The largest absolute Gasteiger partial charge is 0.354 e. The minimum Gasteiger partial charge on any atom is -0.354 e. The van der Waals surface area contributed by atoms with Crippen LogP contribution in [0.5, 0.6) is 0 Å². The molecule has 2 N–H and O–H groups in total. The molecular weight excluding hydrogens is 380 g/mol. The first kappa shape index (κ1) is 19.8. The van der Waals surface area contributed by atoms with Crippen molar-refractivity contribution in [2.24, 2.45) is 5.92 Å². The fraction of sp³-hybridized carbons (Fsp3) is 0.300. The lowest BCUT2D eigenvalue weighted by Crippen LogP contribution is -2.39. The number of halogens is 1. The molecule has 1 saturated heterocycles. The highest BCUT2D eigenvalue weighted by atomic mass is 35.5. The summed E-state index contributed by atoms with van der Waals surface area (Å²) < 4.78 is 0. The van der Waals surface area contributed by atoms with Crippen LogP contribution in [0.2, 0.25) is 5.02 Å². The van der Waals surface area contributed by atoms with Gasteiger partial charge in [-0.15, -0.1) is 0 Å². The first-order valence-electron chi connectivity index (χ1n) is 8.94. The number of benzene rings is 1. The van der Waals surface area contributed by atoms with Crippen molar-refractivity contribution in [1.29, 1.82) is 0 Å². The van der Waals surface area contributed by atoms with E-state index in [-0.39, 0.29) is 43.3 Å². The van der Waals surface area contributed by atoms with Crippen molar-refractivity contribution in [3.05, 3.63) is 64.9 Å². The summed E-state index contributed by atoms with van der Waals surface area (Å²) in [4.78, 5) is 42.3. The summed E-state index contributed by atoms with van der Waals surface area (Å²) in [6.07, 6.45) is 3.21. The highest BCUT2D eigenvalue weighted by Crippen LogP contribution is 2.37. The van der Waals surface area contributed by atoms with E-state index in [4.69, 9.17) is 11.6 Å². The van der Waals surface area contributed by atoms with Gasteiger partial charge in [0, 0.05) is 44.0 Å². The summed E-state index contributed by atoms with van der Waals surface area (Å²) >= 11 is 6.07. The standard InChI is InChI=1S/C20H21ClN4O3/c1-25-17(26)11-16(18(25)13-4-2-6-15(21)10-13)20(28)24-9-8-23-19(27)14-5-3-7-22-12-14/h2-7,10,12,16,18H,8-9,11H2,1H3,(H,23,27)(H,24,28). The lowest BCUT2D eigenvalue weighted by atomic mass is 9.93. The van der Waals surface area contributed by atoms with Crippen LogP contribution in [0.1, 0.15) is 28.4 Å². The van der Waals surface area contributed by atoms with Crippen molar-refractivity contribution in [1.82, 2.24) is 20.5 Å². The van der Waals surface area contributed by atoms with Crippen molar-refractivity contribution in [2.75, 3.05) is 20.1 Å². The molecule has 2 unspecified atom stereocenters. The molecule has 1 aromatic carbocycles. The molecule has 146 valence electrons. The number of aromatic nitrogens is 1. The van der Waals surface area contributed by atoms with E-state index < -0.39 is 5.92 Å². The minimum atomic E-state index is -0.509. The lowest BCUT2D eigenvalue weighted by molar-refractivity contribution is -0.128. The van der Waals surface area contributed by atoms with Crippen LogP contribution in [0, 0.1) is 5.92 Å². The molecule has 2 atom stereocenters. The highest BCUT2D eigenvalue weighted by Gasteiger charge is 2.42. The fourth-order valence-corrected chi connectivity index (χ4v) is 3.54. The van der Waals surface area contributed by atoms with E-state index in [2.05, 4.69) is 15.6 Å². The molecule has 3 amide bonds. The summed E-state index contributed by atoms with van der Waals surface area (Å²) in [5, 5.41) is 6.09. The molecule has 0 bridgehead atoms. The van der Waals surface area contributed by atoms with Gasteiger partial charge < -0.3 is 15.5 Å². The highest BCUT2D eigenvalue weighted by molar-refractivity contribution is 6.30. The SMILES string of the molecule is CN1C(=O)CC(C(=O)NCCNC(=O)c2cccnc2)C1c1cccc(Cl)c1. The average molecular weight is 401 g/mol. The number of carbonyl (C=O) groups excluding carboxylic acids is 3. The van der Waals surface area contributed by atoms with Crippen LogP contribution in [0.15, 0.2) is 48.8 Å². The van der Waals surface area contributed by atoms with E-state index in [0.29, 0.717) is 10.6 Å². The van der Waals surface area contributed by atoms with Crippen molar-refractivity contribution >= 4 is 29.3 Å². The number of carbonyl (C=O) groups is 3. The second kappa shape index (κ2) is 8.84. The van der Waals surface area contributed by atoms with Crippen LogP contribution in [-0.4, -0.2) is 47.7 Å². The van der Waals surface area contributed by atoms with Crippen molar-refractivity contribution < 1.29 is 14.4 Å².